The van der Waals surface area contributed by atoms with Crippen molar-refractivity contribution in [2.24, 2.45) is 0 Å². The van der Waals surface area contributed by atoms with Gasteiger partial charge in [0.05, 0.1) is 5.75 Å². The van der Waals surface area contributed by atoms with Crippen molar-refractivity contribution < 1.29 is 9.21 Å². The Morgan fingerprint density at radius 3 is 2.68 bits per heavy atom. The first-order valence-electron chi connectivity index (χ1n) is 9.32. The van der Waals surface area contributed by atoms with E-state index >= 15 is 0 Å². The largest absolute Gasteiger partial charge is 0.416 e. The van der Waals surface area contributed by atoms with Crippen molar-refractivity contribution in [3.63, 3.8) is 0 Å². The summed E-state index contributed by atoms with van der Waals surface area (Å²) in [5.74, 6) is 1.62. The molecule has 1 fully saturated rings. The van der Waals surface area contributed by atoms with Crippen molar-refractivity contribution in [2.75, 3.05) is 5.75 Å². The van der Waals surface area contributed by atoms with Crippen LogP contribution in [0.5, 0.6) is 0 Å². The van der Waals surface area contributed by atoms with Crippen LogP contribution in [0.2, 0.25) is 0 Å². The fourth-order valence-electron chi connectivity index (χ4n) is 3.41. The Labute approximate surface area is 153 Å². The van der Waals surface area contributed by atoms with Gasteiger partial charge in [-0.05, 0) is 42.9 Å². The molecule has 0 aliphatic heterocycles. The molecule has 1 aliphatic rings. The summed E-state index contributed by atoms with van der Waals surface area (Å²) in [6.07, 6.45) is 7.85. The number of rotatable bonds is 7. The number of carbonyl (C=O) groups excluding carboxylic acids is 1. The summed E-state index contributed by atoms with van der Waals surface area (Å²) in [6, 6.07) is 6.21. The first kappa shape index (κ1) is 18.2. The summed E-state index contributed by atoms with van der Waals surface area (Å²) in [7, 11) is 0. The Bertz CT molecular complexity index is 720. The van der Waals surface area contributed by atoms with Crippen molar-refractivity contribution in [2.45, 2.75) is 69.9 Å². The lowest BCUT2D eigenvalue weighted by atomic mass is 9.89. The third kappa shape index (κ3) is 4.51. The quantitative estimate of drug-likeness (QED) is 0.502. The molecule has 0 bridgehead atoms. The van der Waals surface area contributed by atoms with E-state index in [4.69, 9.17) is 4.42 Å². The average molecular weight is 359 g/mol. The van der Waals surface area contributed by atoms with Gasteiger partial charge in [0.15, 0.2) is 5.78 Å². The molecule has 1 heterocycles. The molecule has 2 aromatic rings. The second-order valence-electron chi connectivity index (χ2n) is 6.65. The van der Waals surface area contributed by atoms with Crippen molar-refractivity contribution in [1.29, 1.82) is 0 Å². The highest BCUT2D eigenvalue weighted by atomic mass is 32.2. The molecule has 0 saturated heterocycles. The van der Waals surface area contributed by atoms with Gasteiger partial charge in [-0.2, -0.15) is 0 Å². The van der Waals surface area contributed by atoms with Crippen LogP contribution in [0.15, 0.2) is 27.8 Å². The molecule has 0 radical (unpaired) electrons. The minimum absolute atomic E-state index is 0.134. The van der Waals surface area contributed by atoms with E-state index in [1.54, 1.807) is 0 Å². The van der Waals surface area contributed by atoms with Gasteiger partial charge in [-0.25, -0.2) is 0 Å². The standard InChI is InChI=1S/C20H26N2O2S/c1-3-14-10-11-15(4-2)17(12-14)18(23)13-25-20-22-21-19(24-20)16-8-6-5-7-9-16/h10-12,16H,3-9,13H2,1-2H3. The van der Waals surface area contributed by atoms with Crippen LogP contribution in [-0.2, 0) is 12.8 Å². The first-order valence-corrected chi connectivity index (χ1v) is 10.3. The Balaban J connectivity index is 1.63. The summed E-state index contributed by atoms with van der Waals surface area (Å²) in [6.45, 7) is 4.19. The second kappa shape index (κ2) is 8.65. The Hall–Kier alpha value is -1.62. The van der Waals surface area contributed by atoms with Gasteiger partial charge in [0.2, 0.25) is 5.89 Å². The van der Waals surface area contributed by atoms with Gasteiger partial charge in [0.1, 0.15) is 0 Å². The van der Waals surface area contributed by atoms with Crippen LogP contribution in [0, 0.1) is 0 Å². The molecule has 0 spiro atoms. The Morgan fingerprint density at radius 2 is 1.96 bits per heavy atom. The van der Waals surface area contributed by atoms with E-state index in [1.165, 1.54) is 36.6 Å². The summed E-state index contributed by atoms with van der Waals surface area (Å²) in [4.78, 5) is 12.7. The third-order valence-corrected chi connectivity index (χ3v) is 5.79. The van der Waals surface area contributed by atoms with Gasteiger partial charge in [0, 0.05) is 11.5 Å². The zero-order valence-electron chi connectivity index (χ0n) is 15.1. The fraction of sp³-hybridized carbons (Fsp3) is 0.550. The molecule has 1 aromatic carbocycles. The number of hydrogen-bond donors (Lipinski definition) is 0. The number of benzene rings is 1. The lowest BCUT2D eigenvalue weighted by Crippen LogP contribution is -2.07. The predicted molar refractivity (Wildman–Crippen MR) is 100 cm³/mol. The van der Waals surface area contributed by atoms with Crippen molar-refractivity contribution >= 4 is 17.5 Å². The molecular weight excluding hydrogens is 332 g/mol. The SMILES string of the molecule is CCc1ccc(CC)c(C(=O)CSc2nnc(C3CCCCC3)o2)c1. The summed E-state index contributed by atoms with van der Waals surface area (Å²) >= 11 is 1.35. The molecule has 0 N–H and O–H groups in total. The monoisotopic (exact) mass is 358 g/mol. The molecule has 3 rings (SSSR count). The molecule has 0 amide bonds. The van der Waals surface area contributed by atoms with Gasteiger partial charge < -0.3 is 4.42 Å². The molecule has 1 saturated carbocycles. The van der Waals surface area contributed by atoms with E-state index in [0.717, 1.165) is 42.7 Å². The normalized spacial score (nSPS) is 15.4. The zero-order chi connectivity index (χ0) is 17.6. The summed E-state index contributed by atoms with van der Waals surface area (Å²) in [5.41, 5.74) is 3.14. The van der Waals surface area contributed by atoms with Gasteiger partial charge in [-0.15, -0.1) is 10.2 Å². The maximum Gasteiger partial charge on any atom is 0.277 e. The zero-order valence-corrected chi connectivity index (χ0v) is 15.9. The van der Waals surface area contributed by atoms with E-state index in [2.05, 4.69) is 36.2 Å². The molecule has 1 aliphatic carbocycles. The van der Waals surface area contributed by atoms with Crippen LogP contribution in [0.1, 0.15) is 79.2 Å². The van der Waals surface area contributed by atoms with Crippen LogP contribution in [0.4, 0.5) is 0 Å². The van der Waals surface area contributed by atoms with Gasteiger partial charge in [0.25, 0.3) is 5.22 Å². The molecule has 0 unspecified atom stereocenters. The van der Waals surface area contributed by atoms with E-state index in [1.807, 2.05) is 6.07 Å². The highest BCUT2D eigenvalue weighted by molar-refractivity contribution is 7.99. The maximum absolute atomic E-state index is 12.7. The molecule has 25 heavy (non-hydrogen) atoms. The van der Waals surface area contributed by atoms with Gasteiger partial charge in [-0.3, -0.25) is 4.79 Å². The smallest absolute Gasteiger partial charge is 0.277 e. The van der Waals surface area contributed by atoms with E-state index in [9.17, 15) is 4.79 Å². The molecule has 5 heteroatoms. The number of ketones is 1. The molecular formula is C20H26N2O2S. The lowest BCUT2D eigenvalue weighted by Gasteiger charge is -2.17. The molecule has 4 nitrogen and oxygen atoms in total. The van der Waals surface area contributed by atoms with Crippen LogP contribution in [-0.4, -0.2) is 21.7 Å². The van der Waals surface area contributed by atoms with Crippen molar-refractivity contribution in [3.8, 4) is 0 Å². The van der Waals surface area contributed by atoms with Crippen molar-refractivity contribution in [1.82, 2.24) is 10.2 Å². The highest BCUT2D eigenvalue weighted by Gasteiger charge is 2.22. The molecule has 134 valence electrons. The minimum atomic E-state index is 0.134. The summed E-state index contributed by atoms with van der Waals surface area (Å²) < 4.78 is 5.80. The topological polar surface area (TPSA) is 56.0 Å². The Kier molecular flexibility index (Phi) is 6.29. The Morgan fingerprint density at radius 1 is 1.16 bits per heavy atom. The first-order chi connectivity index (χ1) is 12.2. The fourth-order valence-corrected chi connectivity index (χ4v) is 4.06. The lowest BCUT2D eigenvalue weighted by molar-refractivity contribution is 0.102. The van der Waals surface area contributed by atoms with Gasteiger partial charge in [-0.1, -0.05) is 57.0 Å². The van der Waals surface area contributed by atoms with E-state index in [-0.39, 0.29) is 5.78 Å². The predicted octanol–water partition coefficient (Wildman–Crippen LogP) is 5.22. The number of carbonyl (C=O) groups is 1. The number of Topliss-reactive ketones (excluding diaryl/α,β-unsaturated/α-hetero) is 1. The number of aromatic nitrogens is 2. The van der Waals surface area contributed by atoms with E-state index < -0.39 is 0 Å². The average Bonchev–Trinajstić information content (AvgIpc) is 3.15. The number of aryl methyl sites for hydroxylation is 2. The number of hydrogen-bond acceptors (Lipinski definition) is 5. The highest BCUT2D eigenvalue weighted by Crippen LogP contribution is 2.33. The maximum atomic E-state index is 12.7. The molecule has 1 aromatic heterocycles. The number of nitrogens with zero attached hydrogens (tertiary/aromatic N) is 2. The van der Waals surface area contributed by atoms with Crippen molar-refractivity contribution in [3.05, 3.63) is 40.8 Å². The minimum Gasteiger partial charge on any atom is -0.416 e. The second-order valence-corrected chi connectivity index (χ2v) is 7.58. The van der Waals surface area contributed by atoms with Gasteiger partial charge >= 0.3 is 0 Å². The number of thioether (sulfide) groups is 1. The van der Waals surface area contributed by atoms with E-state index in [0.29, 0.717) is 16.9 Å². The van der Waals surface area contributed by atoms with Crippen LogP contribution in [0.25, 0.3) is 0 Å². The third-order valence-electron chi connectivity index (χ3n) is 4.97. The summed E-state index contributed by atoms with van der Waals surface area (Å²) in [5, 5.41) is 8.84. The van der Waals surface area contributed by atoms with Crippen LogP contribution < -0.4 is 0 Å². The van der Waals surface area contributed by atoms with Crippen LogP contribution in [0.3, 0.4) is 0 Å². The molecule has 0 atom stereocenters. The van der Waals surface area contributed by atoms with Crippen LogP contribution >= 0.6 is 11.8 Å².